The largest absolute Gasteiger partial charge is 0.463 e. The number of halogens is 2. The minimum Gasteiger partial charge on any atom is -0.463 e. The Morgan fingerprint density at radius 1 is 1.17 bits per heavy atom. The highest BCUT2D eigenvalue weighted by Crippen LogP contribution is 2.38. The molecule has 0 saturated carbocycles. The zero-order valence-corrected chi connectivity index (χ0v) is 27.4. The summed E-state index contributed by atoms with van der Waals surface area (Å²) in [7, 11) is 6.25. The van der Waals surface area contributed by atoms with Crippen molar-refractivity contribution in [2.75, 3.05) is 83.4 Å². The topological polar surface area (TPSA) is 92.1 Å². The second-order valence-corrected chi connectivity index (χ2v) is 13.5. The maximum Gasteiger partial charge on any atom is 0.318 e. The molecule has 3 aliphatic heterocycles. The van der Waals surface area contributed by atoms with Gasteiger partial charge in [0.1, 0.15) is 12.4 Å². The number of benzene rings is 2. The van der Waals surface area contributed by atoms with E-state index in [1.165, 1.54) is 4.90 Å². The quantitative estimate of drug-likeness (QED) is 0.318. The molecule has 12 heteroatoms. The van der Waals surface area contributed by atoms with Crippen LogP contribution in [0.4, 0.5) is 15.9 Å². The normalized spacial score (nSPS) is 19.5. The van der Waals surface area contributed by atoms with Crippen molar-refractivity contribution in [1.82, 2.24) is 24.7 Å². The van der Waals surface area contributed by atoms with E-state index >= 15 is 0 Å². The summed E-state index contributed by atoms with van der Waals surface area (Å²) in [6, 6.07) is 14.1. The van der Waals surface area contributed by atoms with E-state index < -0.39 is 17.8 Å². The van der Waals surface area contributed by atoms with Crippen LogP contribution in [-0.4, -0.2) is 110 Å². The molecule has 1 aromatic heterocycles. The van der Waals surface area contributed by atoms with Crippen molar-refractivity contribution in [2.45, 2.75) is 25.4 Å². The molecule has 10 nitrogen and oxygen atoms in total. The lowest BCUT2D eigenvalue weighted by atomic mass is 9.80. The SMILES string of the molecule is C=C(F)C(=O)N1CCN(c2nc(OCC3(CN(C)C)CN(C)C3)nc3c2CCN(c2cccc4cccc(Cl)c24)C3)CC1CC#N. The van der Waals surface area contributed by atoms with Crippen LogP contribution in [0.25, 0.3) is 10.8 Å². The van der Waals surface area contributed by atoms with Crippen LogP contribution >= 0.6 is 11.6 Å². The summed E-state index contributed by atoms with van der Waals surface area (Å²) in [6.45, 7) is 8.70. The van der Waals surface area contributed by atoms with Crippen molar-refractivity contribution in [1.29, 1.82) is 5.26 Å². The van der Waals surface area contributed by atoms with Crippen LogP contribution in [-0.2, 0) is 17.8 Å². The van der Waals surface area contributed by atoms with Crippen LogP contribution in [0.2, 0.25) is 5.02 Å². The average Bonchev–Trinajstić information content (AvgIpc) is 3.01. The summed E-state index contributed by atoms with van der Waals surface area (Å²) in [5, 5.41) is 12.3. The number of nitrogens with zero attached hydrogens (tertiary/aromatic N) is 8. The fourth-order valence-electron chi connectivity index (χ4n) is 7.44. The number of amides is 1. The maximum atomic E-state index is 13.9. The summed E-state index contributed by atoms with van der Waals surface area (Å²) in [5.41, 5.74) is 2.91. The van der Waals surface area contributed by atoms with Gasteiger partial charge in [-0.1, -0.05) is 42.4 Å². The molecule has 0 N–H and O–H groups in total. The van der Waals surface area contributed by atoms with Crippen molar-refractivity contribution in [2.24, 2.45) is 5.41 Å². The van der Waals surface area contributed by atoms with Crippen molar-refractivity contribution in [3.8, 4) is 12.1 Å². The monoisotopic (exact) mass is 646 g/mol. The number of nitriles is 1. The van der Waals surface area contributed by atoms with Gasteiger partial charge in [-0.3, -0.25) is 4.79 Å². The highest BCUT2D eigenvalue weighted by atomic mass is 35.5. The molecule has 3 aromatic rings. The fourth-order valence-corrected chi connectivity index (χ4v) is 7.71. The lowest BCUT2D eigenvalue weighted by Crippen LogP contribution is -2.61. The molecule has 0 bridgehead atoms. The molecule has 242 valence electrons. The maximum absolute atomic E-state index is 13.9. The standard InChI is InChI=1S/C34H40ClFN8O2/c1-23(36)32(45)44-16-15-43(17-25(44)11-13-37)31-26-12-14-42(29-10-6-8-24-7-5-9-27(35)30(24)29)18-28(26)38-33(39-31)46-22-34(19-40(2)3)20-41(4)21-34/h5-10,25H,1,11-12,14-22H2,2-4H3. The molecule has 6 rings (SSSR count). The van der Waals surface area contributed by atoms with Crippen molar-refractivity contribution < 1.29 is 13.9 Å². The van der Waals surface area contributed by atoms with E-state index in [0.717, 1.165) is 59.7 Å². The minimum atomic E-state index is -1.02. The van der Waals surface area contributed by atoms with Crippen LogP contribution in [0, 0.1) is 16.7 Å². The molecular weight excluding hydrogens is 607 g/mol. The second kappa shape index (κ2) is 13.0. The molecule has 1 unspecified atom stereocenters. The molecule has 0 radical (unpaired) electrons. The van der Waals surface area contributed by atoms with Gasteiger partial charge in [-0.05, 0) is 45.1 Å². The number of hydrogen-bond acceptors (Lipinski definition) is 9. The number of likely N-dealkylation sites (tertiary alicyclic amines) is 1. The number of aromatic nitrogens is 2. The van der Waals surface area contributed by atoms with Gasteiger partial charge in [-0.25, -0.2) is 4.39 Å². The first-order valence-corrected chi connectivity index (χ1v) is 16.0. The lowest BCUT2D eigenvalue weighted by Gasteiger charge is -2.49. The van der Waals surface area contributed by atoms with E-state index in [2.05, 4.69) is 71.6 Å². The minimum absolute atomic E-state index is 0.0257. The Balaban J connectivity index is 1.34. The summed E-state index contributed by atoms with van der Waals surface area (Å²) in [4.78, 5) is 32.8. The van der Waals surface area contributed by atoms with Gasteiger partial charge in [0.15, 0.2) is 5.83 Å². The van der Waals surface area contributed by atoms with Gasteiger partial charge in [0.2, 0.25) is 0 Å². The predicted octanol–water partition coefficient (Wildman–Crippen LogP) is 4.13. The molecule has 46 heavy (non-hydrogen) atoms. The Kier molecular flexibility index (Phi) is 9.06. The van der Waals surface area contributed by atoms with Crippen molar-refractivity contribution in [3.05, 3.63) is 65.1 Å². The number of fused-ring (bicyclic) bond motifs is 2. The Morgan fingerprint density at radius 3 is 2.63 bits per heavy atom. The summed E-state index contributed by atoms with van der Waals surface area (Å²) >= 11 is 6.71. The van der Waals surface area contributed by atoms with Crippen molar-refractivity contribution >= 4 is 39.8 Å². The number of rotatable bonds is 9. The Labute approximate surface area is 274 Å². The molecule has 0 aliphatic carbocycles. The van der Waals surface area contributed by atoms with Crippen molar-refractivity contribution in [3.63, 3.8) is 0 Å². The first-order chi connectivity index (χ1) is 22.1. The molecule has 4 heterocycles. The molecular formula is C34H40ClFN8O2. The summed E-state index contributed by atoms with van der Waals surface area (Å²) in [5.74, 6) is -1.04. The molecule has 2 aromatic carbocycles. The zero-order valence-electron chi connectivity index (χ0n) is 26.7. The number of ether oxygens (including phenoxy) is 1. The van der Waals surface area contributed by atoms with Gasteiger partial charge in [0.05, 0.1) is 35.8 Å². The zero-order chi connectivity index (χ0) is 32.6. The highest BCUT2D eigenvalue weighted by molar-refractivity contribution is 6.36. The fraction of sp³-hybridized carbons (Fsp3) is 0.471. The van der Waals surface area contributed by atoms with Gasteiger partial charge in [-0.15, -0.1) is 0 Å². The van der Waals surface area contributed by atoms with Gasteiger partial charge in [0.25, 0.3) is 5.91 Å². The molecule has 3 aliphatic rings. The number of carbonyl (C=O) groups excluding carboxylic acids is 1. The van der Waals surface area contributed by atoms with E-state index in [4.69, 9.17) is 26.3 Å². The van der Waals surface area contributed by atoms with E-state index in [9.17, 15) is 14.4 Å². The third-order valence-electron chi connectivity index (χ3n) is 9.17. The second-order valence-electron chi connectivity index (χ2n) is 13.1. The van der Waals surface area contributed by atoms with Gasteiger partial charge in [-0.2, -0.15) is 15.2 Å². The first kappa shape index (κ1) is 32.0. The number of hydrogen-bond donors (Lipinski definition) is 0. The number of anilines is 2. The van der Waals surface area contributed by atoms with Gasteiger partial charge >= 0.3 is 6.01 Å². The van der Waals surface area contributed by atoms with Gasteiger partial charge in [0, 0.05) is 67.9 Å². The number of carbonyl (C=O) groups is 1. The average molecular weight is 647 g/mol. The number of piperazine rings is 1. The Hall–Kier alpha value is -3.98. The molecule has 0 spiro atoms. The smallest absolute Gasteiger partial charge is 0.318 e. The Bertz CT molecular complexity index is 1680. The van der Waals surface area contributed by atoms with E-state index in [1.54, 1.807) is 0 Å². The molecule has 2 saturated heterocycles. The first-order valence-electron chi connectivity index (χ1n) is 15.6. The van der Waals surface area contributed by atoms with Crippen LogP contribution in [0.5, 0.6) is 6.01 Å². The van der Waals surface area contributed by atoms with E-state index in [0.29, 0.717) is 43.7 Å². The highest BCUT2D eigenvalue weighted by Gasteiger charge is 2.43. The Morgan fingerprint density at radius 2 is 1.93 bits per heavy atom. The predicted molar refractivity (Wildman–Crippen MR) is 178 cm³/mol. The third-order valence-corrected chi connectivity index (χ3v) is 9.48. The molecule has 1 atom stereocenters. The lowest BCUT2D eigenvalue weighted by molar-refractivity contribution is -0.131. The van der Waals surface area contributed by atoms with Crippen LogP contribution in [0.1, 0.15) is 17.7 Å². The van der Waals surface area contributed by atoms with Crippen LogP contribution < -0.4 is 14.5 Å². The third kappa shape index (κ3) is 6.34. The summed E-state index contributed by atoms with van der Waals surface area (Å²) < 4.78 is 20.3. The molecule has 1 amide bonds. The van der Waals surface area contributed by atoms with Crippen LogP contribution in [0.3, 0.4) is 0 Å². The van der Waals surface area contributed by atoms with Gasteiger partial charge < -0.3 is 29.2 Å². The van der Waals surface area contributed by atoms with Crippen LogP contribution in [0.15, 0.2) is 48.8 Å². The van der Waals surface area contributed by atoms with E-state index in [-0.39, 0.29) is 18.4 Å². The van der Waals surface area contributed by atoms with E-state index in [1.807, 2.05) is 18.2 Å². The molecule has 2 fully saturated rings. The summed E-state index contributed by atoms with van der Waals surface area (Å²) in [6.07, 6.45) is 0.757.